The Morgan fingerprint density at radius 1 is 0.940 bits per heavy atom. The van der Waals surface area contributed by atoms with Crippen LogP contribution in [0.4, 0.5) is 33.5 Å². The van der Waals surface area contributed by atoms with Crippen LogP contribution in [0.3, 0.4) is 0 Å². The molecule has 0 aliphatic carbocycles. The summed E-state index contributed by atoms with van der Waals surface area (Å²) in [5.41, 5.74) is 0.512. The first-order valence-electron chi connectivity index (χ1n) is 15.8. The molecular formula is C32H32F5N7O5S. The SMILES string of the molecule is O=C(O)C(F)(F)F.O=C(c1c(F)ccc(NS(=O)(=O)N2CCCC2)c1F)c1c[nH]c2ncc(-c3ccc(N4CC5CCCC(C4)N5)nc3)cc12. The maximum Gasteiger partial charge on any atom is 0.490 e. The number of fused-ring (bicyclic) bond motifs is 3. The van der Waals surface area contributed by atoms with Gasteiger partial charge < -0.3 is 20.3 Å². The summed E-state index contributed by atoms with van der Waals surface area (Å²) in [7, 11) is -4.05. The van der Waals surface area contributed by atoms with Gasteiger partial charge in [0.1, 0.15) is 17.3 Å². The Kier molecular flexibility index (Phi) is 9.78. The summed E-state index contributed by atoms with van der Waals surface area (Å²) in [4.78, 5) is 36.8. The number of aromatic nitrogens is 3. The van der Waals surface area contributed by atoms with Crippen molar-refractivity contribution in [3.8, 4) is 11.1 Å². The van der Waals surface area contributed by atoms with Gasteiger partial charge in [-0.15, -0.1) is 0 Å². The lowest BCUT2D eigenvalue weighted by atomic mass is 9.94. The molecule has 266 valence electrons. The number of halogens is 5. The summed E-state index contributed by atoms with van der Waals surface area (Å²) in [5, 5.41) is 11.2. The molecule has 3 aliphatic rings. The number of alkyl halides is 3. The van der Waals surface area contributed by atoms with Crippen LogP contribution in [-0.4, -0.2) is 89.0 Å². The number of ketones is 1. The summed E-state index contributed by atoms with van der Waals surface area (Å²) in [6, 6.07) is 8.48. The fourth-order valence-electron chi connectivity index (χ4n) is 6.39. The summed E-state index contributed by atoms with van der Waals surface area (Å²) in [5.74, 6) is -5.16. The second kappa shape index (κ2) is 13.9. The fraction of sp³-hybridized carbons (Fsp3) is 0.375. The number of aromatic amines is 1. The van der Waals surface area contributed by atoms with E-state index in [9.17, 15) is 30.8 Å². The number of anilines is 2. The van der Waals surface area contributed by atoms with Gasteiger partial charge in [-0.25, -0.2) is 23.5 Å². The molecule has 2 bridgehead atoms. The number of benzene rings is 1. The molecule has 0 saturated carbocycles. The molecule has 0 spiro atoms. The van der Waals surface area contributed by atoms with E-state index in [4.69, 9.17) is 14.9 Å². The summed E-state index contributed by atoms with van der Waals surface area (Å²) >= 11 is 0. The third-order valence-electron chi connectivity index (χ3n) is 8.84. The van der Waals surface area contributed by atoms with E-state index in [2.05, 4.69) is 24.9 Å². The smallest absolute Gasteiger partial charge is 0.475 e. The number of carbonyl (C=O) groups excluding carboxylic acids is 1. The van der Waals surface area contributed by atoms with Crippen molar-refractivity contribution in [2.75, 3.05) is 35.8 Å². The maximum absolute atomic E-state index is 15.6. The van der Waals surface area contributed by atoms with Gasteiger partial charge in [0.15, 0.2) is 5.82 Å². The first kappa shape index (κ1) is 35.2. The van der Waals surface area contributed by atoms with Gasteiger partial charge in [0.2, 0.25) is 5.78 Å². The van der Waals surface area contributed by atoms with E-state index in [0.29, 0.717) is 54.6 Å². The van der Waals surface area contributed by atoms with E-state index in [1.807, 2.05) is 12.1 Å². The lowest BCUT2D eigenvalue weighted by Crippen LogP contribution is -2.59. The van der Waals surface area contributed by atoms with Crippen LogP contribution in [-0.2, 0) is 15.0 Å². The zero-order valence-corrected chi connectivity index (χ0v) is 27.1. The number of piperazine rings is 1. The molecule has 4 N–H and O–H groups in total. The van der Waals surface area contributed by atoms with Crippen LogP contribution in [0.1, 0.15) is 48.0 Å². The predicted octanol–water partition coefficient (Wildman–Crippen LogP) is 4.85. The minimum Gasteiger partial charge on any atom is -0.475 e. The van der Waals surface area contributed by atoms with Crippen molar-refractivity contribution < 1.29 is 45.1 Å². The number of nitrogens with one attached hydrogen (secondary N) is 3. The molecule has 3 fully saturated rings. The number of carboxylic acids is 1. The third kappa shape index (κ3) is 7.41. The molecule has 3 aromatic heterocycles. The average Bonchev–Trinajstić information content (AvgIpc) is 3.77. The lowest BCUT2D eigenvalue weighted by Gasteiger charge is -2.43. The molecule has 18 heteroatoms. The molecule has 0 radical (unpaired) electrons. The second-order valence-corrected chi connectivity index (χ2v) is 13.9. The first-order chi connectivity index (χ1) is 23.7. The Bertz CT molecular complexity index is 2010. The van der Waals surface area contributed by atoms with Crippen LogP contribution in [0, 0.1) is 11.6 Å². The molecule has 1 aromatic carbocycles. The molecule has 2 unspecified atom stereocenters. The zero-order valence-electron chi connectivity index (χ0n) is 26.3. The van der Waals surface area contributed by atoms with E-state index in [0.717, 1.165) is 36.6 Å². The van der Waals surface area contributed by atoms with Crippen LogP contribution >= 0.6 is 0 Å². The van der Waals surface area contributed by atoms with Crippen molar-refractivity contribution in [1.29, 1.82) is 0 Å². The summed E-state index contributed by atoms with van der Waals surface area (Å²) in [6.07, 6.45) is 4.67. The van der Waals surface area contributed by atoms with Gasteiger partial charge >= 0.3 is 22.4 Å². The zero-order chi connectivity index (χ0) is 35.8. The van der Waals surface area contributed by atoms with Gasteiger partial charge in [-0.05, 0) is 56.0 Å². The highest BCUT2D eigenvalue weighted by molar-refractivity contribution is 7.90. The second-order valence-electron chi connectivity index (χ2n) is 12.3. The molecule has 2 atom stereocenters. The number of hydrogen-bond donors (Lipinski definition) is 4. The molecule has 3 saturated heterocycles. The Hall–Kier alpha value is -4.68. The molecule has 0 amide bonds. The minimum absolute atomic E-state index is 0.0126. The number of pyridine rings is 2. The Balaban J connectivity index is 0.000000561. The van der Waals surface area contributed by atoms with Crippen molar-refractivity contribution in [2.45, 2.75) is 50.4 Å². The van der Waals surface area contributed by atoms with Crippen molar-refractivity contribution in [1.82, 2.24) is 24.6 Å². The highest BCUT2D eigenvalue weighted by Gasteiger charge is 2.38. The van der Waals surface area contributed by atoms with Gasteiger partial charge in [0.05, 0.1) is 11.3 Å². The number of hydrogen-bond acceptors (Lipinski definition) is 8. The number of nitrogens with zero attached hydrogens (tertiary/aromatic N) is 4. The monoisotopic (exact) mass is 721 g/mol. The van der Waals surface area contributed by atoms with Gasteiger partial charge in [0, 0.05) is 78.9 Å². The maximum atomic E-state index is 15.6. The fourth-order valence-corrected chi connectivity index (χ4v) is 7.69. The Morgan fingerprint density at radius 2 is 1.60 bits per heavy atom. The number of carbonyl (C=O) groups is 2. The van der Waals surface area contributed by atoms with E-state index < -0.39 is 51.0 Å². The molecule has 4 aromatic rings. The van der Waals surface area contributed by atoms with Crippen LogP contribution in [0.15, 0.2) is 48.9 Å². The largest absolute Gasteiger partial charge is 0.490 e. The molecule has 12 nitrogen and oxygen atoms in total. The molecule has 50 heavy (non-hydrogen) atoms. The van der Waals surface area contributed by atoms with Gasteiger partial charge in [-0.2, -0.15) is 25.9 Å². The molecular weight excluding hydrogens is 689 g/mol. The van der Waals surface area contributed by atoms with Gasteiger partial charge in [-0.1, -0.05) is 6.42 Å². The quantitative estimate of drug-likeness (QED) is 0.155. The standard InChI is InChI=1S/C30H31F2N7O3S.C2HF3O2/c31-24-7-8-25(37-43(41,42)39-10-1-2-11-39)28(32)27(24)29(40)23-15-35-30-22(23)12-19(14-34-30)18-6-9-26(33-13-18)38-16-20-4-3-5-21(17-38)36-20;3-2(4,5)1(6)7/h6-9,12-15,20-21,36-37H,1-5,10-11,16-17H2,(H,34,35);(H,6,7). The Labute approximate surface area is 282 Å². The van der Waals surface area contributed by atoms with Crippen LogP contribution in [0.2, 0.25) is 0 Å². The highest BCUT2D eigenvalue weighted by atomic mass is 32.2. The number of piperidine rings is 1. The van der Waals surface area contributed by atoms with E-state index >= 15 is 4.39 Å². The number of rotatable bonds is 7. The van der Waals surface area contributed by atoms with Gasteiger partial charge in [-0.3, -0.25) is 9.52 Å². The van der Waals surface area contributed by atoms with Crippen molar-refractivity contribution in [3.05, 3.63) is 71.7 Å². The van der Waals surface area contributed by atoms with Crippen LogP contribution in [0.5, 0.6) is 0 Å². The van der Waals surface area contributed by atoms with E-state index in [-0.39, 0.29) is 5.56 Å². The van der Waals surface area contributed by atoms with Crippen molar-refractivity contribution in [3.63, 3.8) is 0 Å². The predicted molar refractivity (Wildman–Crippen MR) is 173 cm³/mol. The first-order valence-corrected chi connectivity index (χ1v) is 17.2. The molecule has 3 aliphatic heterocycles. The number of carboxylic acid groups (broad SMARTS) is 1. The summed E-state index contributed by atoms with van der Waals surface area (Å²) in [6.45, 7) is 2.45. The van der Waals surface area contributed by atoms with Gasteiger partial charge in [0.25, 0.3) is 0 Å². The lowest BCUT2D eigenvalue weighted by molar-refractivity contribution is -0.192. The van der Waals surface area contributed by atoms with E-state index in [1.54, 1.807) is 18.5 Å². The number of H-pyrrole nitrogens is 1. The van der Waals surface area contributed by atoms with E-state index in [1.165, 1.54) is 29.8 Å². The normalized spacial score (nSPS) is 19.6. The third-order valence-corrected chi connectivity index (χ3v) is 10.4. The molecule has 7 rings (SSSR count). The average molecular weight is 722 g/mol. The topological polar surface area (TPSA) is 161 Å². The van der Waals surface area contributed by atoms with Crippen molar-refractivity contribution in [2.24, 2.45) is 0 Å². The number of aliphatic carboxylic acids is 1. The molecule has 6 heterocycles. The minimum atomic E-state index is -5.08. The van der Waals surface area contributed by atoms with Crippen molar-refractivity contribution >= 4 is 44.5 Å². The summed E-state index contributed by atoms with van der Waals surface area (Å²) < 4.78 is 91.0. The Morgan fingerprint density at radius 3 is 2.22 bits per heavy atom. The highest BCUT2D eigenvalue weighted by Crippen LogP contribution is 2.31. The van der Waals surface area contributed by atoms with Crippen LogP contribution in [0.25, 0.3) is 22.2 Å². The van der Waals surface area contributed by atoms with Crippen LogP contribution < -0.4 is 14.9 Å².